The number of rotatable bonds is 10. The zero-order chi connectivity index (χ0) is 20.8. The molecule has 2 aliphatic rings. The van der Waals surface area contributed by atoms with Gasteiger partial charge >= 0.3 is 0 Å². The number of pyridine rings is 1. The molecule has 1 N–H and O–H groups in total. The first-order valence-electron chi connectivity index (χ1n) is 10.8. The van der Waals surface area contributed by atoms with E-state index in [2.05, 4.69) is 39.0 Å². The zero-order valence-electron chi connectivity index (χ0n) is 18.2. The Hall–Kier alpha value is -1.32. The van der Waals surface area contributed by atoms with Gasteiger partial charge in [0.25, 0.3) is 0 Å². The van der Waals surface area contributed by atoms with E-state index in [1.807, 2.05) is 13.8 Å². The predicted molar refractivity (Wildman–Crippen MR) is 113 cm³/mol. The van der Waals surface area contributed by atoms with Crippen molar-refractivity contribution in [3.05, 3.63) is 23.6 Å². The molecule has 0 saturated carbocycles. The quantitative estimate of drug-likeness (QED) is 0.588. The van der Waals surface area contributed by atoms with Crippen LogP contribution in [0.5, 0.6) is 0 Å². The van der Waals surface area contributed by atoms with Gasteiger partial charge in [-0.05, 0) is 40.0 Å². The molecule has 7 nitrogen and oxygen atoms in total. The number of nitrogens with zero attached hydrogens (tertiary/aromatic N) is 4. The molecule has 0 amide bonds. The Morgan fingerprint density at radius 1 is 1.17 bits per heavy atom. The lowest BCUT2D eigenvalue weighted by Gasteiger charge is -2.49. The fourth-order valence-corrected chi connectivity index (χ4v) is 3.90. The largest absolute Gasteiger partial charge is 0.353 e. The monoisotopic (exact) mass is 409 g/mol. The summed E-state index contributed by atoms with van der Waals surface area (Å²) in [7, 11) is 2.19. The van der Waals surface area contributed by atoms with Gasteiger partial charge in [0.1, 0.15) is 11.6 Å². The van der Waals surface area contributed by atoms with Gasteiger partial charge in [-0.1, -0.05) is 0 Å². The van der Waals surface area contributed by atoms with Crippen LogP contribution in [-0.4, -0.2) is 92.7 Å². The van der Waals surface area contributed by atoms with Gasteiger partial charge in [0.05, 0.1) is 5.69 Å². The van der Waals surface area contributed by atoms with E-state index in [0.29, 0.717) is 44.1 Å². The molecule has 29 heavy (non-hydrogen) atoms. The number of halogens is 1. The van der Waals surface area contributed by atoms with Gasteiger partial charge < -0.3 is 24.6 Å². The molecule has 0 aliphatic carbocycles. The summed E-state index contributed by atoms with van der Waals surface area (Å²) in [6.07, 6.45) is -0.321. The van der Waals surface area contributed by atoms with Crippen LogP contribution in [0.1, 0.15) is 26.5 Å². The third-order valence-corrected chi connectivity index (χ3v) is 5.91. The van der Waals surface area contributed by atoms with Gasteiger partial charge in [0, 0.05) is 71.1 Å². The minimum atomic E-state index is -0.321. The van der Waals surface area contributed by atoms with Crippen LogP contribution in [0.25, 0.3) is 0 Å². The molecule has 0 bridgehead atoms. The average molecular weight is 410 g/mol. The fraction of sp³-hybridized carbons (Fsp3) is 0.762. The molecule has 164 valence electrons. The Labute approximate surface area is 174 Å². The van der Waals surface area contributed by atoms with E-state index < -0.39 is 0 Å². The highest BCUT2D eigenvalue weighted by Gasteiger charge is 2.35. The third-order valence-electron chi connectivity index (χ3n) is 5.91. The van der Waals surface area contributed by atoms with Crippen LogP contribution < -0.4 is 10.2 Å². The molecule has 3 rings (SSSR count). The van der Waals surface area contributed by atoms with Crippen molar-refractivity contribution in [1.29, 1.82) is 0 Å². The minimum absolute atomic E-state index is 0.282. The van der Waals surface area contributed by atoms with Crippen molar-refractivity contribution in [3.63, 3.8) is 0 Å². The topological polar surface area (TPSA) is 53.1 Å². The van der Waals surface area contributed by atoms with Gasteiger partial charge in [-0.15, -0.1) is 0 Å². The number of hydrogen-bond acceptors (Lipinski definition) is 7. The number of anilines is 1. The molecular formula is C21H36FN5O2. The highest BCUT2D eigenvalue weighted by molar-refractivity contribution is 5.43. The minimum Gasteiger partial charge on any atom is -0.353 e. The first-order chi connectivity index (χ1) is 14.0. The van der Waals surface area contributed by atoms with E-state index >= 15 is 0 Å². The highest BCUT2D eigenvalue weighted by Crippen LogP contribution is 2.24. The van der Waals surface area contributed by atoms with Gasteiger partial charge in [0.15, 0.2) is 6.29 Å². The summed E-state index contributed by atoms with van der Waals surface area (Å²) in [5.41, 5.74) is 0.436. The van der Waals surface area contributed by atoms with E-state index in [1.165, 1.54) is 6.07 Å². The summed E-state index contributed by atoms with van der Waals surface area (Å²) in [5.74, 6) is 0.573. The molecular weight excluding hydrogens is 373 g/mol. The van der Waals surface area contributed by atoms with Crippen molar-refractivity contribution in [2.24, 2.45) is 0 Å². The van der Waals surface area contributed by atoms with E-state index in [1.54, 1.807) is 6.07 Å². The van der Waals surface area contributed by atoms with Crippen LogP contribution in [0, 0.1) is 5.82 Å². The molecule has 0 aromatic carbocycles. The lowest BCUT2D eigenvalue weighted by Crippen LogP contribution is -2.64. The second kappa shape index (κ2) is 10.6. The third kappa shape index (κ3) is 5.86. The fourth-order valence-electron chi connectivity index (χ4n) is 3.90. The number of hydrogen-bond donors (Lipinski definition) is 1. The Kier molecular flexibility index (Phi) is 8.20. The molecule has 1 aromatic heterocycles. The van der Waals surface area contributed by atoms with E-state index in [0.717, 1.165) is 38.5 Å². The van der Waals surface area contributed by atoms with Crippen LogP contribution in [0.15, 0.2) is 12.1 Å². The number of piperazine rings is 1. The highest BCUT2D eigenvalue weighted by atomic mass is 19.1. The molecule has 3 heterocycles. The summed E-state index contributed by atoms with van der Waals surface area (Å²) in [4.78, 5) is 11.8. The Morgan fingerprint density at radius 2 is 1.90 bits per heavy atom. The van der Waals surface area contributed by atoms with Crippen molar-refractivity contribution < 1.29 is 13.9 Å². The maximum atomic E-state index is 14.2. The second-order valence-electron chi connectivity index (χ2n) is 7.95. The molecule has 2 fully saturated rings. The van der Waals surface area contributed by atoms with Crippen molar-refractivity contribution in [1.82, 2.24) is 20.1 Å². The van der Waals surface area contributed by atoms with Gasteiger partial charge in [-0.2, -0.15) is 0 Å². The summed E-state index contributed by atoms with van der Waals surface area (Å²) in [6, 6.07) is 4.47. The molecule has 2 saturated heterocycles. The summed E-state index contributed by atoms with van der Waals surface area (Å²) in [6.45, 7) is 13.4. The molecule has 1 atom stereocenters. The molecule has 8 heteroatoms. The predicted octanol–water partition coefficient (Wildman–Crippen LogP) is 1.53. The standard InChI is InChI=1S/C21H36FN5O2/c1-5-28-21(29-6-2)12-23-11-19-18(22)7-8-20(24-19)27-14-17(15-27)26-10-9-25(4)16(3)13-26/h7-8,16-17,21,23H,5-6,9-15H2,1-4H3/t16-/m1/s1. The maximum absolute atomic E-state index is 14.2. The first-order valence-corrected chi connectivity index (χ1v) is 10.8. The van der Waals surface area contributed by atoms with Crippen molar-refractivity contribution >= 4 is 5.82 Å². The summed E-state index contributed by atoms with van der Waals surface area (Å²) in [5, 5.41) is 3.20. The maximum Gasteiger partial charge on any atom is 0.169 e. The van der Waals surface area contributed by atoms with Gasteiger partial charge in [-0.25, -0.2) is 9.37 Å². The van der Waals surface area contributed by atoms with Crippen molar-refractivity contribution in [2.75, 3.05) is 64.4 Å². The smallest absolute Gasteiger partial charge is 0.169 e. The molecule has 0 radical (unpaired) electrons. The van der Waals surface area contributed by atoms with Crippen LogP contribution in [-0.2, 0) is 16.0 Å². The number of likely N-dealkylation sites (N-methyl/N-ethyl adjacent to an activating group) is 1. The Balaban J connectivity index is 1.49. The number of nitrogens with one attached hydrogen (secondary N) is 1. The normalized spacial score (nSPS) is 21.7. The lowest BCUT2D eigenvalue weighted by molar-refractivity contribution is -0.133. The Bertz CT molecular complexity index is 637. The SMILES string of the molecule is CCOC(CNCc1nc(N2CC(N3CCN(C)[C@H](C)C3)C2)ccc1F)OCC. The number of aromatic nitrogens is 1. The van der Waals surface area contributed by atoms with E-state index in [-0.39, 0.29) is 12.1 Å². The Morgan fingerprint density at radius 3 is 2.55 bits per heavy atom. The van der Waals surface area contributed by atoms with Gasteiger partial charge in [-0.3, -0.25) is 4.90 Å². The van der Waals surface area contributed by atoms with E-state index in [4.69, 9.17) is 9.47 Å². The lowest BCUT2D eigenvalue weighted by atomic mass is 10.0. The molecule has 0 unspecified atom stereocenters. The molecule has 1 aromatic rings. The van der Waals surface area contributed by atoms with Crippen LogP contribution >= 0.6 is 0 Å². The number of ether oxygens (including phenoxy) is 2. The van der Waals surface area contributed by atoms with Crippen molar-refractivity contribution in [3.8, 4) is 0 Å². The summed E-state index contributed by atoms with van der Waals surface area (Å²) < 4.78 is 25.2. The summed E-state index contributed by atoms with van der Waals surface area (Å²) >= 11 is 0. The molecule has 2 aliphatic heterocycles. The molecule has 0 spiro atoms. The van der Waals surface area contributed by atoms with Crippen LogP contribution in [0.3, 0.4) is 0 Å². The van der Waals surface area contributed by atoms with E-state index in [9.17, 15) is 4.39 Å². The zero-order valence-corrected chi connectivity index (χ0v) is 18.2. The van der Waals surface area contributed by atoms with Gasteiger partial charge in [0.2, 0.25) is 0 Å². The van der Waals surface area contributed by atoms with Crippen LogP contribution in [0.2, 0.25) is 0 Å². The second-order valence-corrected chi connectivity index (χ2v) is 7.95. The first kappa shape index (κ1) is 22.4. The van der Waals surface area contributed by atoms with Crippen LogP contribution in [0.4, 0.5) is 10.2 Å². The average Bonchev–Trinajstić information content (AvgIpc) is 2.66. The van der Waals surface area contributed by atoms with Crippen molar-refractivity contribution in [2.45, 2.75) is 45.7 Å².